The minimum atomic E-state index is -0.411. The lowest BCUT2D eigenvalue weighted by Gasteiger charge is -2.21. The van der Waals surface area contributed by atoms with Crippen molar-refractivity contribution in [3.05, 3.63) is 18.0 Å². The molecule has 3 N–H and O–H groups in total. The van der Waals surface area contributed by atoms with E-state index in [1.165, 1.54) is 10.9 Å². The lowest BCUT2D eigenvalue weighted by molar-refractivity contribution is 0.0817. The molecule has 0 saturated carbocycles. The predicted octanol–water partition coefficient (Wildman–Crippen LogP) is 2.02. The van der Waals surface area contributed by atoms with Crippen LogP contribution < -0.4 is 5.73 Å². The summed E-state index contributed by atoms with van der Waals surface area (Å²) >= 11 is 0. The van der Waals surface area contributed by atoms with Crippen LogP contribution in [0.3, 0.4) is 0 Å². The number of nitrogens with two attached hydrogens (primary N) is 1. The monoisotopic (exact) mass is 236 g/mol. The van der Waals surface area contributed by atoms with E-state index in [4.69, 9.17) is 11.1 Å². The van der Waals surface area contributed by atoms with Gasteiger partial charge in [-0.1, -0.05) is 33.6 Å². The molecule has 0 amide bonds. The second-order valence-corrected chi connectivity index (χ2v) is 4.85. The van der Waals surface area contributed by atoms with Crippen LogP contribution in [0, 0.1) is 10.8 Å². The first-order valence-electron chi connectivity index (χ1n) is 5.83. The SMILES string of the molecule is CCCCC(C)(C)C(=O)c1ccn(C(=N)N)n1. The second kappa shape index (κ2) is 5.12. The van der Waals surface area contributed by atoms with E-state index in [9.17, 15) is 4.79 Å². The Bertz CT molecular complexity index is 420. The normalized spacial score (nSPS) is 11.5. The Balaban J connectivity index is 2.84. The number of Topliss-reactive ketones (excluding diaryl/α,β-unsaturated/α-hetero) is 1. The standard InChI is InChI=1S/C12H20N4O/c1-4-5-7-12(2,3)10(17)9-6-8-16(15-9)11(13)14/h6,8H,4-5,7H2,1-3H3,(H3,13,14). The number of nitrogen functional groups attached to an aromatic ring is 1. The first-order chi connectivity index (χ1) is 7.88. The van der Waals surface area contributed by atoms with E-state index in [1.54, 1.807) is 6.07 Å². The van der Waals surface area contributed by atoms with Crippen LogP contribution in [0.15, 0.2) is 12.3 Å². The van der Waals surface area contributed by atoms with Crippen molar-refractivity contribution in [3.8, 4) is 0 Å². The zero-order chi connectivity index (χ0) is 13.1. The van der Waals surface area contributed by atoms with Crippen LogP contribution in [-0.2, 0) is 0 Å². The highest BCUT2D eigenvalue weighted by Gasteiger charge is 2.29. The van der Waals surface area contributed by atoms with Gasteiger partial charge in [-0.15, -0.1) is 0 Å². The summed E-state index contributed by atoms with van der Waals surface area (Å²) in [5.74, 6) is -0.179. The quantitative estimate of drug-likeness (QED) is 0.466. The van der Waals surface area contributed by atoms with Crippen molar-refractivity contribution in [1.82, 2.24) is 9.78 Å². The molecule has 0 unspecified atom stereocenters. The van der Waals surface area contributed by atoms with Crippen molar-refractivity contribution in [3.63, 3.8) is 0 Å². The van der Waals surface area contributed by atoms with Gasteiger partial charge < -0.3 is 5.73 Å². The molecule has 0 radical (unpaired) electrons. The van der Waals surface area contributed by atoms with Crippen molar-refractivity contribution < 1.29 is 4.79 Å². The third-order valence-corrected chi connectivity index (χ3v) is 2.84. The number of ketones is 1. The van der Waals surface area contributed by atoms with Crippen molar-refractivity contribution in [2.24, 2.45) is 11.1 Å². The minimum absolute atomic E-state index is 0.00551. The van der Waals surface area contributed by atoms with Crippen molar-refractivity contribution in [2.75, 3.05) is 0 Å². The molecule has 1 heterocycles. The predicted molar refractivity (Wildman–Crippen MR) is 67.2 cm³/mol. The number of unbranched alkanes of at least 4 members (excludes halogenated alkanes) is 1. The molecule has 0 spiro atoms. The Hall–Kier alpha value is -1.65. The molecule has 1 rings (SSSR count). The number of nitrogens with zero attached hydrogens (tertiary/aromatic N) is 2. The molecule has 0 aliphatic heterocycles. The maximum absolute atomic E-state index is 12.2. The van der Waals surface area contributed by atoms with Crippen LogP contribution in [0.25, 0.3) is 0 Å². The molecule has 1 aromatic heterocycles. The number of hydrogen-bond acceptors (Lipinski definition) is 3. The summed E-state index contributed by atoms with van der Waals surface area (Å²) in [6, 6.07) is 1.61. The highest BCUT2D eigenvalue weighted by molar-refractivity contribution is 5.98. The topological polar surface area (TPSA) is 84.8 Å². The highest BCUT2D eigenvalue weighted by Crippen LogP contribution is 2.27. The van der Waals surface area contributed by atoms with Gasteiger partial charge in [-0.25, -0.2) is 4.68 Å². The number of rotatable bonds is 5. The van der Waals surface area contributed by atoms with Crippen LogP contribution in [0.5, 0.6) is 0 Å². The van der Waals surface area contributed by atoms with E-state index < -0.39 is 5.41 Å². The van der Waals surface area contributed by atoms with Crippen LogP contribution in [0.1, 0.15) is 50.5 Å². The van der Waals surface area contributed by atoms with Crippen molar-refractivity contribution >= 4 is 11.7 Å². The van der Waals surface area contributed by atoms with Crippen LogP contribution >= 0.6 is 0 Å². The molecule has 5 nitrogen and oxygen atoms in total. The molecular formula is C12H20N4O. The molecule has 17 heavy (non-hydrogen) atoms. The van der Waals surface area contributed by atoms with Crippen molar-refractivity contribution in [1.29, 1.82) is 5.41 Å². The molecule has 0 fully saturated rings. The fraction of sp³-hybridized carbons (Fsp3) is 0.583. The summed E-state index contributed by atoms with van der Waals surface area (Å²) in [4.78, 5) is 12.2. The third-order valence-electron chi connectivity index (χ3n) is 2.84. The zero-order valence-electron chi connectivity index (χ0n) is 10.7. The Kier molecular flexibility index (Phi) is 4.04. The smallest absolute Gasteiger partial charge is 0.213 e. The average Bonchev–Trinajstić information content (AvgIpc) is 2.74. The molecule has 0 aliphatic carbocycles. The largest absolute Gasteiger partial charge is 0.368 e. The van der Waals surface area contributed by atoms with E-state index in [0.29, 0.717) is 5.69 Å². The Morgan fingerprint density at radius 2 is 2.24 bits per heavy atom. The van der Waals surface area contributed by atoms with Crippen LogP contribution in [0.2, 0.25) is 0 Å². The Morgan fingerprint density at radius 3 is 2.71 bits per heavy atom. The molecule has 1 aromatic rings. The summed E-state index contributed by atoms with van der Waals surface area (Å²) in [7, 11) is 0. The van der Waals surface area contributed by atoms with Gasteiger partial charge >= 0.3 is 0 Å². The van der Waals surface area contributed by atoms with E-state index in [2.05, 4.69) is 12.0 Å². The van der Waals surface area contributed by atoms with E-state index in [-0.39, 0.29) is 11.7 Å². The first kappa shape index (κ1) is 13.4. The minimum Gasteiger partial charge on any atom is -0.368 e. The van der Waals surface area contributed by atoms with Gasteiger partial charge in [0.1, 0.15) is 5.69 Å². The van der Waals surface area contributed by atoms with Gasteiger partial charge in [0.05, 0.1) is 0 Å². The lowest BCUT2D eigenvalue weighted by Crippen LogP contribution is -2.26. The summed E-state index contributed by atoms with van der Waals surface area (Å²) < 4.78 is 1.20. The second-order valence-electron chi connectivity index (χ2n) is 4.85. The molecular weight excluding hydrogens is 216 g/mol. The Morgan fingerprint density at radius 1 is 1.59 bits per heavy atom. The number of nitrogens with one attached hydrogen (secondary N) is 1. The summed E-state index contributed by atoms with van der Waals surface area (Å²) in [6.45, 7) is 5.96. The van der Waals surface area contributed by atoms with Crippen LogP contribution in [0.4, 0.5) is 0 Å². The maximum atomic E-state index is 12.2. The van der Waals surface area contributed by atoms with Gasteiger partial charge in [-0.2, -0.15) is 5.10 Å². The molecule has 0 atom stereocenters. The number of aromatic nitrogens is 2. The summed E-state index contributed by atoms with van der Waals surface area (Å²) in [6.07, 6.45) is 4.46. The van der Waals surface area contributed by atoms with Gasteiger partial charge in [0.2, 0.25) is 5.96 Å². The van der Waals surface area contributed by atoms with Gasteiger partial charge in [0.15, 0.2) is 5.78 Å². The molecule has 0 aliphatic rings. The first-order valence-corrected chi connectivity index (χ1v) is 5.83. The number of hydrogen-bond donors (Lipinski definition) is 2. The highest BCUT2D eigenvalue weighted by atomic mass is 16.1. The van der Waals surface area contributed by atoms with E-state index >= 15 is 0 Å². The summed E-state index contributed by atoms with van der Waals surface area (Å²) in [5, 5.41) is 11.2. The zero-order valence-corrected chi connectivity index (χ0v) is 10.7. The van der Waals surface area contributed by atoms with Gasteiger partial charge in [-0.3, -0.25) is 10.2 Å². The van der Waals surface area contributed by atoms with Gasteiger partial charge in [0, 0.05) is 11.6 Å². The molecule has 0 bridgehead atoms. The fourth-order valence-electron chi connectivity index (χ4n) is 1.66. The molecule has 0 aromatic carbocycles. The molecule has 5 heteroatoms. The molecule has 94 valence electrons. The number of carbonyl (C=O) groups excluding carboxylic acids is 1. The average molecular weight is 236 g/mol. The van der Waals surface area contributed by atoms with Gasteiger partial charge in [0.25, 0.3) is 0 Å². The van der Waals surface area contributed by atoms with E-state index in [1.807, 2.05) is 13.8 Å². The maximum Gasteiger partial charge on any atom is 0.213 e. The van der Waals surface area contributed by atoms with Gasteiger partial charge in [-0.05, 0) is 12.5 Å². The van der Waals surface area contributed by atoms with E-state index in [0.717, 1.165) is 19.3 Å². The van der Waals surface area contributed by atoms with Crippen molar-refractivity contribution in [2.45, 2.75) is 40.0 Å². The van der Waals surface area contributed by atoms with Crippen LogP contribution in [-0.4, -0.2) is 21.5 Å². The number of carbonyl (C=O) groups is 1. The molecule has 0 saturated heterocycles. The lowest BCUT2D eigenvalue weighted by atomic mass is 9.81. The third kappa shape index (κ3) is 3.15. The summed E-state index contributed by atoms with van der Waals surface area (Å²) in [5.41, 5.74) is 5.25. The fourth-order valence-corrected chi connectivity index (χ4v) is 1.66. The Labute approximate surface area is 102 Å².